The van der Waals surface area contributed by atoms with Gasteiger partial charge < -0.3 is 10.1 Å². The number of amides is 1. The molecule has 0 aliphatic rings. The molecule has 1 atom stereocenters. The number of ketones is 1. The summed E-state index contributed by atoms with van der Waals surface area (Å²) in [5, 5.41) is 3.27. The molecule has 2 aromatic carbocycles. The molecule has 1 unspecified atom stereocenters. The zero-order chi connectivity index (χ0) is 15.9. The molecule has 0 aromatic heterocycles. The van der Waals surface area contributed by atoms with Crippen molar-refractivity contribution in [3.8, 4) is 0 Å². The molecule has 0 aliphatic carbocycles. The van der Waals surface area contributed by atoms with Crippen molar-refractivity contribution in [1.29, 1.82) is 0 Å². The number of carbonyl (C=O) groups excluding carboxylic acids is 2. The average Bonchev–Trinajstić information content (AvgIpc) is 2.55. The minimum Gasteiger partial charge on any atom is -0.453 e. The molecule has 0 saturated carbocycles. The van der Waals surface area contributed by atoms with E-state index in [1.54, 1.807) is 48.5 Å². The van der Waals surface area contributed by atoms with Crippen molar-refractivity contribution in [2.45, 2.75) is 12.5 Å². The number of Topliss-reactive ketones (excluding diaryl/α,β-unsaturated/α-hetero) is 1. The number of nitrogens with one attached hydrogen (secondary N) is 1. The third kappa shape index (κ3) is 4.33. The molecule has 1 N–H and O–H groups in total. The van der Waals surface area contributed by atoms with Gasteiger partial charge in [-0.15, -0.1) is 0 Å². The van der Waals surface area contributed by atoms with Gasteiger partial charge in [0.25, 0.3) is 0 Å². The van der Waals surface area contributed by atoms with Crippen LogP contribution in [0.5, 0.6) is 0 Å². The van der Waals surface area contributed by atoms with Gasteiger partial charge in [0.15, 0.2) is 5.78 Å². The standard InChI is InChI=1S/C17H16ClNO3/c1-22-17(21)19-15(12-7-9-14(18)10-8-12)11-16(20)13-5-3-2-4-6-13/h2-10,15H,11H2,1H3,(H,19,21). The molecule has 0 saturated heterocycles. The first-order valence-electron chi connectivity index (χ1n) is 6.78. The van der Waals surface area contributed by atoms with Crippen LogP contribution in [-0.2, 0) is 4.74 Å². The number of halogens is 1. The summed E-state index contributed by atoms with van der Waals surface area (Å²) in [6, 6.07) is 15.5. The van der Waals surface area contributed by atoms with Gasteiger partial charge in [-0.25, -0.2) is 4.79 Å². The van der Waals surface area contributed by atoms with Gasteiger partial charge in [0.05, 0.1) is 13.2 Å². The Balaban J connectivity index is 2.19. The number of methoxy groups -OCH3 is 1. The summed E-state index contributed by atoms with van der Waals surface area (Å²) in [5.74, 6) is -0.0584. The number of carbonyl (C=O) groups is 2. The number of benzene rings is 2. The maximum absolute atomic E-state index is 12.3. The quantitative estimate of drug-likeness (QED) is 0.848. The number of hydrogen-bond donors (Lipinski definition) is 1. The minimum absolute atomic E-state index is 0.0584. The zero-order valence-electron chi connectivity index (χ0n) is 12.1. The van der Waals surface area contributed by atoms with Crippen LogP contribution in [0.1, 0.15) is 28.4 Å². The van der Waals surface area contributed by atoms with Crippen molar-refractivity contribution < 1.29 is 14.3 Å². The van der Waals surface area contributed by atoms with Gasteiger partial charge in [0, 0.05) is 17.0 Å². The Bertz CT molecular complexity index is 641. The number of hydrogen-bond acceptors (Lipinski definition) is 3. The number of ether oxygens (including phenoxy) is 1. The van der Waals surface area contributed by atoms with Gasteiger partial charge in [-0.1, -0.05) is 54.1 Å². The second-order valence-corrected chi connectivity index (χ2v) is 5.17. The van der Waals surface area contributed by atoms with Gasteiger partial charge in [-0.2, -0.15) is 0 Å². The summed E-state index contributed by atoms with van der Waals surface area (Å²) in [6.07, 6.45) is -0.443. The van der Waals surface area contributed by atoms with E-state index >= 15 is 0 Å². The van der Waals surface area contributed by atoms with Crippen LogP contribution in [0.2, 0.25) is 5.02 Å². The van der Waals surface area contributed by atoms with Crippen LogP contribution in [-0.4, -0.2) is 19.0 Å². The average molecular weight is 318 g/mol. The van der Waals surface area contributed by atoms with Crippen LogP contribution in [0, 0.1) is 0 Å². The fraction of sp³-hybridized carbons (Fsp3) is 0.176. The van der Waals surface area contributed by atoms with Gasteiger partial charge >= 0.3 is 6.09 Å². The second kappa shape index (κ2) is 7.61. The summed E-state index contributed by atoms with van der Waals surface area (Å²) in [7, 11) is 1.28. The van der Waals surface area contributed by atoms with Crippen LogP contribution in [0.15, 0.2) is 54.6 Å². The van der Waals surface area contributed by atoms with Gasteiger partial charge in [0.2, 0.25) is 0 Å². The Hall–Kier alpha value is -2.33. The molecule has 22 heavy (non-hydrogen) atoms. The Morgan fingerprint density at radius 2 is 1.73 bits per heavy atom. The van der Waals surface area contributed by atoms with Crippen molar-refractivity contribution in [1.82, 2.24) is 5.32 Å². The fourth-order valence-electron chi connectivity index (χ4n) is 2.08. The maximum atomic E-state index is 12.3. The Labute approximate surface area is 134 Å². The van der Waals surface area contributed by atoms with Crippen LogP contribution < -0.4 is 5.32 Å². The van der Waals surface area contributed by atoms with E-state index in [0.717, 1.165) is 5.56 Å². The van der Waals surface area contributed by atoms with Gasteiger partial charge in [-0.3, -0.25) is 4.79 Å². The summed E-state index contributed by atoms with van der Waals surface area (Å²) in [4.78, 5) is 23.9. The fourth-order valence-corrected chi connectivity index (χ4v) is 2.20. The normalized spacial score (nSPS) is 11.5. The van der Waals surface area contributed by atoms with E-state index in [-0.39, 0.29) is 12.2 Å². The van der Waals surface area contributed by atoms with Crippen molar-refractivity contribution in [2.24, 2.45) is 0 Å². The molecule has 114 valence electrons. The van der Waals surface area contributed by atoms with Crippen LogP contribution in [0.4, 0.5) is 4.79 Å². The molecule has 0 heterocycles. The number of alkyl carbamates (subject to hydrolysis) is 1. The van der Waals surface area contributed by atoms with E-state index in [1.807, 2.05) is 6.07 Å². The highest BCUT2D eigenvalue weighted by molar-refractivity contribution is 6.30. The highest BCUT2D eigenvalue weighted by Crippen LogP contribution is 2.21. The van der Waals surface area contributed by atoms with Crippen molar-refractivity contribution in [2.75, 3.05) is 7.11 Å². The minimum atomic E-state index is -0.583. The van der Waals surface area contributed by atoms with Crippen molar-refractivity contribution >= 4 is 23.5 Å². The molecule has 0 aliphatic heterocycles. The molecule has 1 amide bonds. The van der Waals surface area contributed by atoms with Crippen molar-refractivity contribution in [3.63, 3.8) is 0 Å². The smallest absolute Gasteiger partial charge is 0.407 e. The predicted octanol–water partition coefficient (Wildman–Crippen LogP) is 4.01. The predicted molar refractivity (Wildman–Crippen MR) is 85.1 cm³/mol. The Morgan fingerprint density at radius 1 is 1.09 bits per heavy atom. The highest BCUT2D eigenvalue weighted by Gasteiger charge is 2.19. The van der Waals surface area contributed by atoms with E-state index in [2.05, 4.69) is 10.1 Å². The summed E-state index contributed by atoms with van der Waals surface area (Å²) < 4.78 is 4.63. The third-order valence-corrected chi connectivity index (χ3v) is 3.49. The highest BCUT2D eigenvalue weighted by atomic mass is 35.5. The molecule has 0 radical (unpaired) electrons. The topological polar surface area (TPSA) is 55.4 Å². The SMILES string of the molecule is COC(=O)NC(CC(=O)c1ccccc1)c1ccc(Cl)cc1. The van der Waals surface area contributed by atoms with E-state index in [1.165, 1.54) is 7.11 Å². The number of rotatable bonds is 5. The lowest BCUT2D eigenvalue weighted by Gasteiger charge is -2.18. The van der Waals surface area contributed by atoms with Crippen LogP contribution in [0.3, 0.4) is 0 Å². The monoisotopic (exact) mass is 317 g/mol. The molecular formula is C17H16ClNO3. The molecular weight excluding hydrogens is 302 g/mol. The lowest BCUT2D eigenvalue weighted by atomic mass is 9.98. The first-order valence-corrected chi connectivity index (χ1v) is 7.16. The summed E-state index contributed by atoms with van der Waals surface area (Å²) >= 11 is 5.87. The lowest BCUT2D eigenvalue weighted by molar-refractivity contribution is 0.0967. The molecule has 0 fully saturated rings. The molecule has 5 heteroatoms. The molecule has 4 nitrogen and oxygen atoms in total. The van der Waals surface area contributed by atoms with Crippen LogP contribution >= 0.6 is 11.6 Å². The van der Waals surface area contributed by atoms with Gasteiger partial charge in [-0.05, 0) is 17.7 Å². The lowest BCUT2D eigenvalue weighted by Crippen LogP contribution is -2.30. The second-order valence-electron chi connectivity index (χ2n) is 4.73. The third-order valence-electron chi connectivity index (χ3n) is 3.24. The van der Waals surface area contributed by atoms with E-state index in [9.17, 15) is 9.59 Å². The first kappa shape index (κ1) is 16.0. The molecule has 2 rings (SSSR count). The summed E-state index contributed by atoms with van der Waals surface area (Å²) in [6.45, 7) is 0. The van der Waals surface area contributed by atoms with E-state index in [0.29, 0.717) is 10.6 Å². The first-order chi connectivity index (χ1) is 10.6. The Kier molecular flexibility index (Phi) is 5.55. The van der Waals surface area contributed by atoms with Crippen LogP contribution in [0.25, 0.3) is 0 Å². The molecule has 2 aromatic rings. The van der Waals surface area contributed by atoms with Gasteiger partial charge in [0.1, 0.15) is 0 Å². The van der Waals surface area contributed by atoms with E-state index < -0.39 is 12.1 Å². The van der Waals surface area contributed by atoms with E-state index in [4.69, 9.17) is 11.6 Å². The zero-order valence-corrected chi connectivity index (χ0v) is 12.8. The summed E-state index contributed by atoms with van der Waals surface area (Å²) in [5.41, 5.74) is 1.40. The Morgan fingerprint density at radius 3 is 2.32 bits per heavy atom. The van der Waals surface area contributed by atoms with Crippen molar-refractivity contribution in [3.05, 3.63) is 70.7 Å². The maximum Gasteiger partial charge on any atom is 0.407 e. The largest absolute Gasteiger partial charge is 0.453 e. The molecule has 0 spiro atoms. The molecule has 0 bridgehead atoms.